The molecule has 10 nitrogen and oxygen atoms in total. The molecule has 1 amide bonds. The van der Waals surface area contributed by atoms with Gasteiger partial charge in [0.2, 0.25) is 10.0 Å². The minimum Gasteiger partial charge on any atom is -0.455 e. The summed E-state index contributed by atoms with van der Waals surface area (Å²) in [6.45, 7) is -0.459. The van der Waals surface area contributed by atoms with Crippen molar-refractivity contribution in [2.24, 2.45) is 5.10 Å². The van der Waals surface area contributed by atoms with Crippen molar-refractivity contribution >= 4 is 49.4 Å². The summed E-state index contributed by atoms with van der Waals surface area (Å²) in [6.07, 6.45) is 2.27. The van der Waals surface area contributed by atoms with Gasteiger partial charge in [-0.1, -0.05) is 22.0 Å². The maximum absolute atomic E-state index is 12.2. The Balaban J connectivity index is 1.64. The van der Waals surface area contributed by atoms with Crippen molar-refractivity contribution in [2.45, 2.75) is 0 Å². The summed E-state index contributed by atoms with van der Waals surface area (Å²) in [4.78, 5) is 22.5. The number of hydrazone groups is 1. The van der Waals surface area contributed by atoms with Crippen molar-refractivity contribution in [3.63, 3.8) is 0 Å². The van der Waals surface area contributed by atoms with Gasteiger partial charge in [-0.2, -0.15) is 5.10 Å². The van der Waals surface area contributed by atoms with Crippen molar-refractivity contribution < 1.29 is 22.6 Å². The quantitative estimate of drug-likeness (QED) is 0.274. The summed E-state index contributed by atoms with van der Waals surface area (Å²) in [7, 11) is -3.70. The number of benzene rings is 2. The Hall–Kier alpha value is -3.51. The number of nitro groups is 1. The molecule has 0 aliphatic heterocycles. The number of furan rings is 1. The number of carbonyl (C=O) groups is 1. The zero-order valence-electron chi connectivity index (χ0n) is 16.6. The van der Waals surface area contributed by atoms with Crippen LogP contribution in [0.3, 0.4) is 0 Å². The van der Waals surface area contributed by atoms with E-state index in [1.54, 1.807) is 48.5 Å². The van der Waals surface area contributed by atoms with E-state index in [1.807, 2.05) is 0 Å². The van der Waals surface area contributed by atoms with E-state index in [-0.39, 0.29) is 5.69 Å². The number of nitrogens with zero attached hydrogens (tertiary/aromatic N) is 3. The fraction of sp³-hybridized carbons (Fsp3) is 0.100. The fourth-order valence-corrected chi connectivity index (χ4v) is 3.93. The van der Waals surface area contributed by atoms with Crippen LogP contribution in [0.15, 0.2) is 74.7 Å². The summed E-state index contributed by atoms with van der Waals surface area (Å²) in [5.74, 6) is 0.144. The van der Waals surface area contributed by atoms with E-state index in [0.29, 0.717) is 27.2 Å². The lowest BCUT2D eigenvalue weighted by molar-refractivity contribution is -0.384. The number of rotatable bonds is 8. The van der Waals surface area contributed by atoms with Crippen molar-refractivity contribution in [3.05, 3.63) is 81.0 Å². The zero-order chi connectivity index (χ0) is 23.3. The molecule has 12 heteroatoms. The number of amides is 1. The predicted octanol–water partition coefficient (Wildman–Crippen LogP) is 3.53. The van der Waals surface area contributed by atoms with Gasteiger partial charge < -0.3 is 4.42 Å². The molecule has 166 valence electrons. The Morgan fingerprint density at radius 3 is 2.56 bits per heavy atom. The van der Waals surface area contributed by atoms with Crippen LogP contribution in [-0.4, -0.2) is 38.3 Å². The molecule has 1 heterocycles. The van der Waals surface area contributed by atoms with Gasteiger partial charge in [0.1, 0.15) is 18.1 Å². The van der Waals surface area contributed by atoms with Gasteiger partial charge in [-0.3, -0.25) is 19.2 Å². The number of sulfonamides is 1. The van der Waals surface area contributed by atoms with Gasteiger partial charge in [0.05, 0.1) is 23.1 Å². The lowest BCUT2D eigenvalue weighted by Crippen LogP contribution is -2.39. The minimum absolute atomic E-state index is 0.0317. The Labute approximate surface area is 191 Å². The summed E-state index contributed by atoms with van der Waals surface area (Å²) in [5, 5.41) is 14.5. The zero-order valence-corrected chi connectivity index (χ0v) is 19.0. The highest BCUT2D eigenvalue weighted by molar-refractivity contribution is 9.10. The second-order valence-electron chi connectivity index (χ2n) is 6.55. The van der Waals surface area contributed by atoms with Crippen LogP contribution in [0.5, 0.6) is 0 Å². The highest BCUT2D eigenvalue weighted by atomic mass is 79.9. The Bertz CT molecular complexity index is 1270. The molecule has 1 N–H and O–H groups in total. The summed E-state index contributed by atoms with van der Waals surface area (Å²) in [6, 6.07) is 15.7. The number of hydrogen-bond donors (Lipinski definition) is 1. The maximum Gasteiger partial charge on any atom is 0.269 e. The van der Waals surface area contributed by atoms with Gasteiger partial charge in [-0.15, -0.1) is 0 Å². The average Bonchev–Trinajstić information content (AvgIpc) is 3.20. The number of nitro benzene ring substituents is 1. The molecule has 0 aliphatic rings. The molecule has 0 bridgehead atoms. The third-order valence-electron chi connectivity index (χ3n) is 4.15. The first-order valence-corrected chi connectivity index (χ1v) is 11.7. The molecule has 3 aromatic rings. The molecule has 0 unspecified atom stereocenters. The second kappa shape index (κ2) is 9.75. The van der Waals surface area contributed by atoms with Crippen LogP contribution >= 0.6 is 15.9 Å². The predicted molar refractivity (Wildman–Crippen MR) is 123 cm³/mol. The van der Waals surface area contributed by atoms with Crippen LogP contribution in [0.2, 0.25) is 0 Å². The van der Waals surface area contributed by atoms with Crippen LogP contribution in [-0.2, 0) is 14.8 Å². The van der Waals surface area contributed by atoms with Crippen molar-refractivity contribution in [1.29, 1.82) is 0 Å². The SMILES string of the molecule is CS(=O)(=O)N(CC(=O)N/N=C\c1ccc(-c2ccc([N+](=O)[O-])cc2)o1)c1cccc(Br)c1. The third-order valence-corrected chi connectivity index (χ3v) is 5.79. The molecule has 1 aromatic heterocycles. The molecule has 0 aliphatic carbocycles. The van der Waals surface area contributed by atoms with Gasteiger partial charge >= 0.3 is 0 Å². The summed E-state index contributed by atoms with van der Waals surface area (Å²) in [5.41, 5.74) is 3.20. The van der Waals surface area contributed by atoms with Crippen LogP contribution in [0.1, 0.15) is 5.76 Å². The maximum atomic E-state index is 12.2. The first kappa shape index (κ1) is 23.2. The molecule has 0 saturated heterocycles. The molecule has 3 rings (SSSR count). The molecule has 2 aromatic carbocycles. The highest BCUT2D eigenvalue weighted by Crippen LogP contribution is 2.24. The number of non-ortho nitro benzene ring substituents is 1. The van der Waals surface area contributed by atoms with E-state index in [4.69, 9.17) is 4.42 Å². The van der Waals surface area contributed by atoms with Crippen molar-refractivity contribution in [3.8, 4) is 11.3 Å². The minimum atomic E-state index is -3.70. The monoisotopic (exact) mass is 520 g/mol. The van der Waals surface area contributed by atoms with E-state index < -0.39 is 27.4 Å². The van der Waals surface area contributed by atoms with Crippen molar-refractivity contribution in [2.75, 3.05) is 17.1 Å². The van der Waals surface area contributed by atoms with E-state index in [9.17, 15) is 23.3 Å². The number of nitrogens with one attached hydrogen (secondary N) is 1. The molecule has 0 radical (unpaired) electrons. The molecule has 0 atom stereocenters. The molecule has 0 saturated carbocycles. The van der Waals surface area contributed by atoms with Crippen molar-refractivity contribution in [1.82, 2.24) is 5.43 Å². The number of carbonyl (C=O) groups excluding carboxylic acids is 1. The second-order valence-corrected chi connectivity index (χ2v) is 9.37. The van der Waals surface area contributed by atoms with Crippen LogP contribution in [0.4, 0.5) is 11.4 Å². The highest BCUT2D eigenvalue weighted by Gasteiger charge is 2.20. The van der Waals surface area contributed by atoms with Gasteiger partial charge in [0.25, 0.3) is 11.6 Å². The smallest absolute Gasteiger partial charge is 0.269 e. The number of anilines is 1. The number of hydrogen-bond acceptors (Lipinski definition) is 7. The molecular formula is C20H17BrN4O6S. The molecule has 32 heavy (non-hydrogen) atoms. The fourth-order valence-electron chi connectivity index (χ4n) is 2.69. The van der Waals surface area contributed by atoms with Gasteiger partial charge in [-0.05, 0) is 42.5 Å². The molecule has 0 spiro atoms. The van der Waals surface area contributed by atoms with E-state index in [2.05, 4.69) is 26.5 Å². The average molecular weight is 521 g/mol. The van der Waals surface area contributed by atoms with Gasteiger partial charge in [0, 0.05) is 22.2 Å². The first-order valence-electron chi connectivity index (χ1n) is 9.03. The number of halogens is 1. The Morgan fingerprint density at radius 2 is 1.94 bits per heavy atom. The lowest BCUT2D eigenvalue weighted by atomic mass is 10.1. The Morgan fingerprint density at radius 1 is 1.22 bits per heavy atom. The van der Waals surface area contributed by atoms with E-state index in [1.165, 1.54) is 18.3 Å². The summed E-state index contributed by atoms with van der Waals surface area (Å²) < 4.78 is 31.4. The normalized spacial score (nSPS) is 11.4. The van der Waals surface area contributed by atoms with Crippen LogP contribution in [0.25, 0.3) is 11.3 Å². The van der Waals surface area contributed by atoms with E-state index >= 15 is 0 Å². The molecule has 0 fully saturated rings. The third kappa shape index (κ3) is 6.02. The first-order chi connectivity index (χ1) is 15.1. The van der Waals surface area contributed by atoms with Crippen LogP contribution < -0.4 is 9.73 Å². The standard InChI is InChI=1S/C20H17BrN4O6S/c1-32(29,30)24(17-4-2-3-15(21)11-17)13-20(26)23-22-12-18-9-10-19(31-18)14-5-7-16(8-6-14)25(27)28/h2-12H,13H2,1H3,(H,23,26)/b22-12-. The molecular weight excluding hydrogens is 504 g/mol. The van der Waals surface area contributed by atoms with Gasteiger partial charge in [-0.25, -0.2) is 13.8 Å². The largest absolute Gasteiger partial charge is 0.455 e. The Kier molecular flexibility index (Phi) is 7.05. The lowest BCUT2D eigenvalue weighted by Gasteiger charge is -2.21. The van der Waals surface area contributed by atoms with E-state index in [0.717, 1.165) is 10.6 Å². The van der Waals surface area contributed by atoms with Crippen LogP contribution in [0, 0.1) is 10.1 Å². The summed E-state index contributed by atoms with van der Waals surface area (Å²) >= 11 is 3.27. The topological polar surface area (TPSA) is 135 Å². The van der Waals surface area contributed by atoms with Gasteiger partial charge in [0.15, 0.2) is 0 Å².